The second-order valence-corrected chi connectivity index (χ2v) is 7.96. The van der Waals surface area contributed by atoms with Gasteiger partial charge in [0, 0.05) is 30.9 Å². The maximum atomic E-state index is 12.5. The van der Waals surface area contributed by atoms with Crippen LogP contribution >= 0.6 is 0 Å². The third-order valence-electron chi connectivity index (χ3n) is 4.25. The summed E-state index contributed by atoms with van der Waals surface area (Å²) in [6.07, 6.45) is 4.74. The fourth-order valence-electron chi connectivity index (χ4n) is 2.73. The van der Waals surface area contributed by atoms with Crippen LogP contribution in [0.1, 0.15) is 18.9 Å². The van der Waals surface area contributed by atoms with Gasteiger partial charge in [-0.15, -0.1) is 4.83 Å². The lowest BCUT2D eigenvalue weighted by Gasteiger charge is -2.23. The molecule has 0 fully saturated rings. The van der Waals surface area contributed by atoms with Gasteiger partial charge in [0.1, 0.15) is 0 Å². The molecule has 28 heavy (non-hydrogen) atoms. The first kappa shape index (κ1) is 19.9. The summed E-state index contributed by atoms with van der Waals surface area (Å²) in [6.45, 7) is 2.96. The zero-order valence-corrected chi connectivity index (χ0v) is 16.1. The maximum absolute atomic E-state index is 12.5. The fraction of sp³-hybridized carbons (Fsp3) is 0.211. The van der Waals surface area contributed by atoms with Gasteiger partial charge >= 0.3 is 0 Å². The van der Waals surface area contributed by atoms with Gasteiger partial charge < -0.3 is 0 Å². The van der Waals surface area contributed by atoms with E-state index in [1.807, 2.05) is 12.2 Å². The molecule has 0 aliphatic carbocycles. The molecule has 0 atom stereocenters. The molecule has 2 aromatic rings. The molecule has 0 spiro atoms. The third-order valence-corrected chi connectivity index (χ3v) is 5.64. The van der Waals surface area contributed by atoms with Crippen LogP contribution in [0, 0.1) is 10.1 Å². The van der Waals surface area contributed by atoms with E-state index in [1.165, 1.54) is 24.3 Å². The van der Waals surface area contributed by atoms with Crippen molar-refractivity contribution in [2.45, 2.75) is 18.2 Å². The molecule has 0 aromatic heterocycles. The zero-order valence-electron chi connectivity index (χ0n) is 15.3. The standard InChI is InChI=1S/C19H20N4O4S/c1-15(16-5-9-18(10-6-16)23(24)25)20-17-7-11-19(12-8-17)28(26,27)21-22-13-3-2-4-14-22/h2-3,5-12,21H,4,13-14H2,1H3. The van der Waals surface area contributed by atoms with Crippen molar-refractivity contribution in [1.82, 2.24) is 9.84 Å². The van der Waals surface area contributed by atoms with E-state index < -0.39 is 14.9 Å². The van der Waals surface area contributed by atoms with Crippen LogP contribution in [0.4, 0.5) is 11.4 Å². The van der Waals surface area contributed by atoms with Crippen molar-refractivity contribution in [2.24, 2.45) is 4.99 Å². The van der Waals surface area contributed by atoms with Crippen molar-refractivity contribution in [3.05, 3.63) is 76.4 Å². The lowest BCUT2D eigenvalue weighted by atomic mass is 10.1. The van der Waals surface area contributed by atoms with Gasteiger partial charge in [-0.1, -0.05) is 12.2 Å². The molecular weight excluding hydrogens is 380 g/mol. The molecule has 3 rings (SSSR count). The summed E-state index contributed by atoms with van der Waals surface area (Å²) >= 11 is 0. The highest BCUT2D eigenvalue weighted by Crippen LogP contribution is 2.19. The molecule has 0 saturated carbocycles. The summed E-state index contributed by atoms with van der Waals surface area (Å²) in [5, 5.41) is 12.4. The van der Waals surface area contributed by atoms with Crippen molar-refractivity contribution in [2.75, 3.05) is 13.1 Å². The highest BCUT2D eigenvalue weighted by molar-refractivity contribution is 7.89. The van der Waals surface area contributed by atoms with Gasteiger partial charge in [0.25, 0.3) is 15.7 Å². The van der Waals surface area contributed by atoms with Gasteiger partial charge in [0.2, 0.25) is 0 Å². The monoisotopic (exact) mass is 400 g/mol. The zero-order chi connectivity index (χ0) is 20.1. The molecule has 9 heteroatoms. The van der Waals surface area contributed by atoms with Crippen molar-refractivity contribution < 1.29 is 13.3 Å². The Kier molecular flexibility index (Phi) is 5.98. The Labute approximate surface area is 163 Å². The average molecular weight is 400 g/mol. The van der Waals surface area contributed by atoms with E-state index in [4.69, 9.17) is 0 Å². The highest BCUT2D eigenvalue weighted by Gasteiger charge is 2.18. The normalized spacial score (nSPS) is 15.5. The van der Waals surface area contributed by atoms with Gasteiger partial charge in [-0.3, -0.25) is 15.1 Å². The Bertz CT molecular complexity index is 1010. The van der Waals surface area contributed by atoms with E-state index in [0.717, 1.165) is 12.0 Å². The largest absolute Gasteiger partial charge is 0.269 e. The van der Waals surface area contributed by atoms with E-state index >= 15 is 0 Å². The lowest BCUT2D eigenvalue weighted by molar-refractivity contribution is -0.384. The Morgan fingerprint density at radius 2 is 1.79 bits per heavy atom. The van der Waals surface area contributed by atoms with Crippen molar-refractivity contribution in [3.63, 3.8) is 0 Å². The number of hydrogen-bond donors (Lipinski definition) is 1. The average Bonchev–Trinajstić information content (AvgIpc) is 2.69. The minimum Gasteiger partial charge on any atom is -0.258 e. The first-order valence-corrected chi connectivity index (χ1v) is 10.2. The first-order valence-electron chi connectivity index (χ1n) is 8.68. The van der Waals surface area contributed by atoms with Crippen LogP contribution in [0.25, 0.3) is 0 Å². The number of hydrogen-bond acceptors (Lipinski definition) is 6. The van der Waals surface area contributed by atoms with E-state index in [9.17, 15) is 18.5 Å². The number of benzene rings is 2. The number of aliphatic imine (C=N–C) groups is 1. The SMILES string of the molecule is CC(=Nc1ccc(S(=O)(=O)NN2CC=CCC2)cc1)c1ccc([N+](=O)[O-])cc1. The molecule has 1 heterocycles. The highest BCUT2D eigenvalue weighted by atomic mass is 32.2. The molecule has 1 N–H and O–H groups in total. The molecule has 2 aromatic carbocycles. The Morgan fingerprint density at radius 3 is 2.36 bits per heavy atom. The second-order valence-electron chi connectivity index (χ2n) is 6.30. The number of nitro benzene ring substituents is 1. The Morgan fingerprint density at radius 1 is 1.11 bits per heavy atom. The summed E-state index contributed by atoms with van der Waals surface area (Å²) in [4.78, 5) is 17.5. The van der Waals surface area contributed by atoms with Gasteiger partial charge in [-0.2, -0.15) is 0 Å². The maximum Gasteiger partial charge on any atom is 0.269 e. The van der Waals surface area contributed by atoms with Gasteiger partial charge in [-0.05, 0) is 55.3 Å². The predicted molar refractivity (Wildman–Crippen MR) is 107 cm³/mol. The number of nitrogens with zero attached hydrogens (tertiary/aromatic N) is 3. The van der Waals surface area contributed by atoms with Crippen molar-refractivity contribution in [3.8, 4) is 0 Å². The molecular formula is C19H20N4O4S. The number of nitrogens with one attached hydrogen (secondary N) is 1. The number of rotatable bonds is 6. The lowest BCUT2D eigenvalue weighted by Crippen LogP contribution is -2.43. The summed E-state index contributed by atoms with van der Waals surface area (Å²) in [7, 11) is -3.64. The van der Waals surface area contributed by atoms with Crippen LogP contribution in [-0.4, -0.2) is 37.2 Å². The molecule has 146 valence electrons. The molecule has 0 amide bonds. The topological polar surface area (TPSA) is 105 Å². The smallest absolute Gasteiger partial charge is 0.258 e. The van der Waals surface area contributed by atoms with Crippen LogP contribution in [0.5, 0.6) is 0 Å². The second kappa shape index (κ2) is 8.42. The van der Waals surface area contributed by atoms with Crippen LogP contribution in [-0.2, 0) is 10.0 Å². The molecule has 0 radical (unpaired) electrons. The number of sulfonamides is 1. The molecule has 0 unspecified atom stereocenters. The first-order chi connectivity index (χ1) is 13.3. The number of nitro groups is 1. The van der Waals surface area contributed by atoms with E-state index in [0.29, 0.717) is 24.5 Å². The van der Waals surface area contributed by atoms with Crippen LogP contribution in [0.3, 0.4) is 0 Å². The van der Waals surface area contributed by atoms with Crippen molar-refractivity contribution in [1.29, 1.82) is 0 Å². The minimum absolute atomic E-state index is 0.0165. The predicted octanol–water partition coefficient (Wildman–Crippen LogP) is 3.19. The van der Waals surface area contributed by atoms with Gasteiger partial charge in [0.05, 0.1) is 15.5 Å². The molecule has 1 aliphatic heterocycles. The quantitative estimate of drug-likeness (QED) is 0.347. The van der Waals surface area contributed by atoms with Crippen LogP contribution < -0.4 is 4.83 Å². The summed E-state index contributed by atoms with van der Waals surface area (Å²) < 4.78 is 24.9. The van der Waals surface area contributed by atoms with Crippen molar-refractivity contribution >= 4 is 27.1 Å². The minimum atomic E-state index is -3.64. The van der Waals surface area contributed by atoms with Crippen LogP contribution in [0.15, 0.2) is 70.6 Å². The third kappa shape index (κ3) is 4.89. The number of non-ortho nitro benzene ring substituents is 1. The summed E-state index contributed by atoms with van der Waals surface area (Å²) in [6, 6.07) is 12.4. The molecule has 0 bridgehead atoms. The Hall–Kier alpha value is -2.88. The van der Waals surface area contributed by atoms with Crippen LogP contribution in [0.2, 0.25) is 0 Å². The molecule has 1 aliphatic rings. The van der Waals surface area contributed by atoms with Gasteiger partial charge in [-0.25, -0.2) is 13.4 Å². The number of hydrazine groups is 1. The van der Waals surface area contributed by atoms with E-state index in [-0.39, 0.29) is 10.6 Å². The molecule has 0 saturated heterocycles. The molecule has 8 nitrogen and oxygen atoms in total. The Balaban J connectivity index is 1.73. The van der Waals surface area contributed by atoms with E-state index in [2.05, 4.69) is 9.82 Å². The summed E-state index contributed by atoms with van der Waals surface area (Å²) in [5.74, 6) is 0. The van der Waals surface area contributed by atoms with E-state index in [1.54, 1.807) is 36.2 Å². The summed E-state index contributed by atoms with van der Waals surface area (Å²) in [5.41, 5.74) is 2.03. The fourth-order valence-corrected chi connectivity index (χ4v) is 3.83. The van der Waals surface area contributed by atoms with Gasteiger partial charge in [0.15, 0.2) is 0 Å².